The first-order valence-corrected chi connectivity index (χ1v) is 15.5. The molecule has 0 aliphatic carbocycles. The summed E-state index contributed by atoms with van der Waals surface area (Å²) >= 11 is 1.45. The minimum Gasteiger partial charge on any atom is -0.477 e. The Hall–Kier alpha value is -5.70. The number of rotatable bonds is 10. The van der Waals surface area contributed by atoms with Crippen molar-refractivity contribution in [3.05, 3.63) is 178 Å². The highest BCUT2D eigenvalue weighted by atomic mass is 32.1. The van der Waals surface area contributed by atoms with Gasteiger partial charge in [-0.05, 0) is 95.3 Å². The average Bonchev–Trinajstić information content (AvgIpc) is 3.55. The third kappa shape index (κ3) is 7.27. The normalized spacial score (nSPS) is 11.1. The monoisotopic (exact) mass is 602 g/mol. The lowest BCUT2D eigenvalue weighted by atomic mass is 10.0. The van der Waals surface area contributed by atoms with Crippen molar-refractivity contribution in [3.8, 4) is 16.5 Å². The van der Waals surface area contributed by atoms with Crippen LogP contribution in [0.3, 0.4) is 0 Å². The van der Waals surface area contributed by atoms with Crippen LogP contribution in [0, 0.1) is 11.3 Å². The van der Waals surface area contributed by atoms with E-state index in [9.17, 15) is 9.90 Å². The van der Waals surface area contributed by atoms with Crippen LogP contribution in [-0.4, -0.2) is 11.1 Å². The third-order valence-electron chi connectivity index (χ3n) is 7.57. The van der Waals surface area contributed by atoms with Gasteiger partial charge in [0.25, 0.3) is 0 Å². The fourth-order valence-electron chi connectivity index (χ4n) is 5.28. The zero-order valence-corrected chi connectivity index (χ0v) is 25.3. The van der Waals surface area contributed by atoms with Gasteiger partial charge in [0, 0.05) is 26.8 Å². The highest BCUT2D eigenvalue weighted by Crippen LogP contribution is 2.37. The topological polar surface area (TPSA) is 64.3 Å². The van der Waals surface area contributed by atoms with E-state index in [1.54, 1.807) is 6.07 Å². The van der Waals surface area contributed by atoms with Crippen LogP contribution in [0.1, 0.15) is 27.1 Å². The number of carbonyl (C=O) groups is 1. The Bertz CT molecular complexity index is 1870. The molecule has 5 aromatic carbocycles. The number of carboxylic acid groups (broad SMARTS) is 1. The van der Waals surface area contributed by atoms with Crippen molar-refractivity contribution in [2.75, 3.05) is 4.90 Å². The van der Waals surface area contributed by atoms with Crippen LogP contribution >= 0.6 is 11.3 Å². The Morgan fingerprint density at radius 3 is 1.51 bits per heavy atom. The largest absolute Gasteiger partial charge is 0.477 e. The lowest BCUT2D eigenvalue weighted by Gasteiger charge is -2.26. The van der Waals surface area contributed by atoms with Gasteiger partial charge in [-0.15, -0.1) is 11.3 Å². The lowest BCUT2D eigenvalue weighted by Crippen LogP contribution is -2.10. The van der Waals surface area contributed by atoms with Crippen LogP contribution in [0.15, 0.2) is 151 Å². The summed E-state index contributed by atoms with van der Waals surface area (Å²) in [6.45, 7) is 0. The van der Waals surface area contributed by atoms with Crippen molar-refractivity contribution < 1.29 is 9.90 Å². The molecular formula is C40H30N2O2S. The number of thiophene rings is 1. The molecule has 45 heavy (non-hydrogen) atoms. The number of benzene rings is 5. The first-order valence-electron chi connectivity index (χ1n) is 14.7. The number of anilines is 3. The smallest absolute Gasteiger partial charge is 0.346 e. The Morgan fingerprint density at radius 2 is 1.07 bits per heavy atom. The maximum absolute atomic E-state index is 11.3. The van der Waals surface area contributed by atoms with E-state index < -0.39 is 5.97 Å². The molecule has 0 atom stereocenters. The number of carboxylic acids is 1. The van der Waals surface area contributed by atoms with Crippen molar-refractivity contribution in [1.82, 2.24) is 0 Å². The summed E-state index contributed by atoms with van der Waals surface area (Å²) in [5, 5.41) is 18.3. The van der Waals surface area contributed by atoms with E-state index in [4.69, 9.17) is 5.26 Å². The molecule has 0 bridgehead atoms. The van der Waals surface area contributed by atoms with Crippen LogP contribution in [-0.2, 0) is 17.6 Å². The molecule has 0 aliphatic heterocycles. The van der Waals surface area contributed by atoms with Gasteiger partial charge < -0.3 is 10.0 Å². The summed E-state index contributed by atoms with van der Waals surface area (Å²) in [7, 11) is 0. The second-order valence-corrected chi connectivity index (χ2v) is 11.8. The van der Waals surface area contributed by atoms with E-state index in [1.807, 2.05) is 24.3 Å². The number of nitrogens with zero attached hydrogens (tertiary/aromatic N) is 2. The maximum atomic E-state index is 11.3. The molecule has 1 aromatic heterocycles. The first-order chi connectivity index (χ1) is 22.1. The molecule has 5 heteroatoms. The standard InChI is InChI=1S/C40H30N2O2S/c41-28-34(40(43)44)27-38-23-24-39(45-38)33-15-21-37(22-16-33)42(35-17-11-31(12-18-35)25-29-7-3-1-4-8-29)36-19-13-32(14-20-36)26-30-9-5-2-6-10-30/h1-24,27H,25-26H2,(H,43,44)/b34-27+. The number of hydrogen-bond donors (Lipinski definition) is 1. The fraction of sp³-hybridized carbons (Fsp3) is 0.0500. The fourth-order valence-corrected chi connectivity index (χ4v) is 6.24. The maximum Gasteiger partial charge on any atom is 0.346 e. The van der Waals surface area contributed by atoms with Crippen molar-refractivity contribution >= 4 is 40.4 Å². The second kappa shape index (κ2) is 13.7. The van der Waals surface area contributed by atoms with Gasteiger partial charge in [-0.1, -0.05) is 97.1 Å². The quantitative estimate of drug-likeness (QED) is 0.125. The Kier molecular flexibility index (Phi) is 8.96. The summed E-state index contributed by atoms with van der Waals surface area (Å²) in [6.07, 6.45) is 3.17. The third-order valence-corrected chi connectivity index (χ3v) is 8.65. The lowest BCUT2D eigenvalue weighted by molar-refractivity contribution is -0.132. The minimum atomic E-state index is -1.22. The van der Waals surface area contributed by atoms with Gasteiger partial charge in [0.2, 0.25) is 0 Å². The van der Waals surface area contributed by atoms with Crippen LogP contribution in [0.5, 0.6) is 0 Å². The molecule has 0 aliphatic rings. The highest BCUT2D eigenvalue weighted by molar-refractivity contribution is 7.16. The van der Waals surface area contributed by atoms with Crippen molar-refractivity contribution in [2.45, 2.75) is 12.8 Å². The van der Waals surface area contributed by atoms with Gasteiger partial charge in [0.15, 0.2) is 0 Å². The van der Waals surface area contributed by atoms with E-state index in [0.717, 1.165) is 45.2 Å². The van der Waals surface area contributed by atoms with Gasteiger partial charge in [-0.2, -0.15) is 5.26 Å². The van der Waals surface area contributed by atoms with Crippen LogP contribution < -0.4 is 4.90 Å². The Balaban J connectivity index is 1.30. The second-order valence-electron chi connectivity index (χ2n) is 10.7. The van der Waals surface area contributed by atoms with E-state index in [0.29, 0.717) is 0 Å². The van der Waals surface area contributed by atoms with E-state index in [1.165, 1.54) is 39.7 Å². The molecule has 0 radical (unpaired) electrons. The average molecular weight is 603 g/mol. The summed E-state index contributed by atoms with van der Waals surface area (Å²) in [5.41, 5.74) is 8.98. The predicted molar refractivity (Wildman–Crippen MR) is 184 cm³/mol. The molecule has 218 valence electrons. The number of nitriles is 1. The van der Waals surface area contributed by atoms with E-state index in [-0.39, 0.29) is 5.57 Å². The molecule has 0 saturated carbocycles. The first kappa shape index (κ1) is 29.4. The summed E-state index contributed by atoms with van der Waals surface area (Å²) < 4.78 is 0. The summed E-state index contributed by atoms with van der Waals surface area (Å²) in [4.78, 5) is 15.2. The molecule has 0 spiro atoms. The van der Waals surface area contributed by atoms with Crippen molar-refractivity contribution in [3.63, 3.8) is 0 Å². The van der Waals surface area contributed by atoms with Crippen molar-refractivity contribution in [2.24, 2.45) is 0 Å². The molecule has 0 amide bonds. The van der Waals surface area contributed by atoms with Crippen molar-refractivity contribution in [1.29, 1.82) is 5.26 Å². The number of aliphatic carboxylic acids is 1. The predicted octanol–water partition coefficient (Wildman–Crippen LogP) is 10.1. The molecule has 0 fully saturated rings. The molecule has 6 rings (SSSR count). The zero-order valence-electron chi connectivity index (χ0n) is 24.5. The molecule has 4 nitrogen and oxygen atoms in total. The molecule has 0 unspecified atom stereocenters. The minimum absolute atomic E-state index is 0.279. The molecule has 1 N–H and O–H groups in total. The van der Waals surface area contributed by atoms with Crippen LogP contribution in [0.25, 0.3) is 16.5 Å². The summed E-state index contributed by atoms with van der Waals surface area (Å²) in [6, 6.07) is 52.4. The highest BCUT2D eigenvalue weighted by Gasteiger charge is 2.14. The van der Waals surface area contributed by atoms with Gasteiger partial charge in [-0.3, -0.25) is 0 Å². The molecule has 6 aromatic rings. The van der Waals surface area contributed by atoms with E-state index in [2.05, 4.69) is 126 Å². The molecule has 1 heterocycles. The Labute approximate surface area is 267 Å². The zero-order chi connectivity index (χ0) is 31.0. The summed E-state index contributed by atoms with van der Waals surface area (Å²) in [5.74, 6) is -1.22. The number of hydrogen-bond acceptors (Lipinski definition) is 4. The van der Waals surface area contributed by atoms with Gasteiger partial charge >= 0.3 is 5.97 Å². The van der Waals surface area contributed by atoms with Crippen LogP contribution in [0.2, 0.25) is 0 Å². The molecular weight excluding hydrogens is 573 g/mol. The van der Waals surface area contributed by atoms with E-state index >= 15 is 0 Å². The molecule has 0 saturated heterocycles. The van der Waals surface area contributed by atoms with Gasteiger partial charge in [0.1, 0.15) is 11.6 Å². The van der Waals surface area contributed by atoms with Gasteiger partial charge in [-0.25, -0.2) is 4.79 Å². The Morgan fingerprint density at radius 1 is 0.622 bits per heavy atom. The van der Waals surface area contributed by atoms with Crippen LogP contribution in [0.4, 0.5) is 17.1 Å². The SMILES string of the molecule is N#C/C(=C\c1ccc(-c2ccc(N(c3ccc(Cc4ccccc4)cc3)c3ccc(Cc4ccccc4)cc3)cc2)s1)C(=O)O. The van der Waals surface area contributed by atoms with Gasteiger partial charge in [0.05, 0.1) is 0 Å².